The van der Waals surface area contributed by atoms with E-state index in [1.165, 1.54) is 16.0 Å². The van der Waals surface area contributed by atoms with Crippen molar-refractivity contribution in [2.24, 2.45) is 0 Å². The number of nitrogens with one attached hydrogen (secondary N) is 1. The molecule has 0 unspecified atom stereocenters. The zero-order valence-corrected chi connectivity index (χ0v) is 18.6. The van der Waals surface area contributed by atoms with Gasteiger partial charge in [0.05, 0.1) is 0 Å². The fourth-order valence-electron chi connectivity index (χ4n) is 3.81. The number of rotatable bonds is 4. The summed E-state index contributed by atoms with van der Waals surface area (Å²) >= 11 is 1.94. The molecule has 4 rings (SSSR count). The molecule has 0 saturated heterocycles. The Kier molecular flexibility index (Phi) is 6.04. The first kappa shape index (κ1) is 20.8. The van der Waals surface area contributed by atoms with E-state index in [1.54, 1.807) is 0 Å². The smallest absolute Gasteiger partial charge is 0.407 e. The number of amides is 1. The zero-order valence-electron chi connectivity index (χ0n) is 17.8. The number of aromatic nitrogens is 2. The van der Waals surface area contributed by atoms with Crippen LogP contribution in [0.4, 0.5) is 4.79 Å². The molecule has 0 atom stereocenters. The van der Waals surface area contributed by atoms with E-state index in [9.17, 15) is 4.79 Å². The number of pyridine rings is 1. The highest BCUT2D eigenvalue weighted by Gasteiger charge is 2.25. The molecule has 3 aromatic rings. The van der Waals surface area contributed by atoms with Crippen molar-refractivity contribution in [1.82, 2.24) is 14.7 Å². The third-order valence-corrected chi connectivity index (χ3v) is 6.62. The number of fused-ring (bicyclic) bond motifs is 1. The Labute approximate surface area is 182 Å². The summed E-state index contributed by atoms with van der Waals surface area (Å²) < 4.78 is 7.41. The van der Waals surface area contributed by atoms with Crippen LogP contribution in [0, 0.1) is 0 Å². The molecule has 0 radical (unpaired) electrons. The average molecular weight is 424 g/mol. The number of carbonyl (C=O) groups excluding carboxylic acids is 1. The number of benzene rings is 1. The SMILES string of the molecule is CC(C)(C)OC(=O)NC1CCC(Sc2ccc(-c3ccc4nccn4c3)cc2)CC1. The minimum atomic E-state index is -0.451. The van der Waals surface area contributed by atoms with Crippen LogP contribution in [0.25, 0.3) is 16.8 Å². The molecule has 1 aromatic carbocycles. The Hall–Kier alpha value is -2.47. The van der Waals surface area contributed by atoms with Crippen LogP contribution < -0.4 is 5.32 Å². The standard InChI is InChI=1S/C24H29N3O2S/c1-24(2,3)29-23(28)26-19-7-11-21(12-8-19)30-20-9-4-17(5-10-20)18-6-13-22-25-14-15-27(22)16-18/h4-6,9-10,13-16,19,21H,7-8,11-12H2,1-3H3,(H,26,28). The van der Waals surface area contributed by atoms with Crippen molar-refractivity contribution < 1.29 is 9.53 Å². The number of nitrogens with zero attached hydrogens (tertiary/aromatic N) is 2. The summed E-state index contributed by atoms with van der Waals surface area (Å²) in [5, 5.41) is 3.61. The molecular weight excluding hydrogens is 394 g/mol. The highest BCUT2D eigenvalue weighted by atomic mass is 32.2. The Morgan fingerprint density at radius 2 is 1.77 bits per heavy atom. The summed E-state index contributed by atoms with van der Waals surface area (Å²) in [6, 6.07) is 13.2. The molecule has 1 N–H and O–H groups in total. The topological polar surface area (TPSA) is 55.6 Å². The summed E-state index contributed by atoms with van der Waals surface area (Å²) in [4.78, 5) is 17.6. The largest absolute Gasteiger partial charge is 0.444 e. The summed E-state index contributed by atoms with van der Waals surface area (Å²) in [5.74, 6) is 0. The molecule has 2 heterocycles. The van der Waals surface area contributed by atoms with Gasteiger partial charge in [-0.1, -0.05) is 12.1 Å². The normalized spacial score (nSPS) is 19.6. The average Bonchev–Trinajstić information content (AvgIpc) is 3.16. The number of carbonyl (C=O) groups is 1. The van der Waals surface area contributed by atoms with Crippen molar-refractivity contribution >= 4 is 23.5 Å². The van der Waals surface area contributed by atoms with Crippen LogP contribution >= 0.6 is 11.8 Å². The summed E-state index contributed by atoms with van der Waals surface area (Å²) in [5.41, 5.74) is 2.90. The maximum atomic E-state index is 12.0. The number of thioether (sulfide) groups is 1. The van der Waals surface area contributed by atoms with Gasteiger partial charge >= 0.3 is 6.09 Å². The van der Waals surface area contributed by atoms with E-state index in [2.05, 4.69) is 46.8 Å². The van der Waals surface area contributed by atoms with Crippen LogP contribution in [0.2, 0.25) is 0 Å². The number of hydrogen-bond acceptors (Lipinski definition) is 4. The lowest BCUT2D eigenvalue weighted by Crippen LogP contribution is -2.41. The third-order valence-electron chi connectivity index (χ3n) is 5.27. The first-order valence-corrected chi connectivity index (χ1v) is 11.4. The molecule has 0 spiro atoms. The second-order valence-electron chi connectivity index (χ2n) is 8.87. The first-order valence-electron chi connectivity index (χ1n) is 10.5. The van der Waals surface area contributed by atoms with E-state index in [0.29, 0.717) is 5.25 Å². The Morgan fingerprint density at radius 1 is 1.07 bits per heavy atom. The summed E-state index contributed by atoms with van der Waals surface area (Å²) in [7, 11) is 0. The van der Waals surface area contributed by atoms with Gasteiger partial charge < -0.3 is 14.5 Å². The molecule has 158 valence electrons. The minimum absolute atomic E-state index is 0.220. The highest BCUT2D eigenvalue weighted by Crippen LogP contribution is 2.34. The lowest BCUT2D eigenvalue weighted by Gasteiger charge is -2.29. The monoisotopic (exact) mass is 423 g/mol. The zero-order chi connectivity index (χ0) is 21.1. The Balaban J connectivity index is 1.29. The van der Waals surface area contributed by atoms with Gasteiger partial charge in [0.2, 0.25) is 0 Å². The van der Waals surface area contributed by atoms with E-state index in [0.717, 1.165) is 31.3 Å². The second kappa shape index (κ2) is 8.72. The molecule has 5 nitrogen and oxygen atoms in total. The van der Waals surface area contributed by atoms with E-state index in [-0.39, 0.29) is 12.1 Å². The lowest BCUT2D eigenvalue weighted by atomic mass is 9.95. The molecule has 6 heteroatoms. The van der Waals surface area contributed by atoms with Crippen LogP contribution in [0.3, 0.4) is 0 Å². The number of alkyl carbamates (subject to hydrolysis) is 1. The predicted octanol–water partition coefficient (Wildman–Crippen LogP) is 5.93. The molecule has 0 bridgehead atoms. The van der Waals surface area contributed by atoms with Crippen LogP contribution in [0.5, 0.6) is 0 Å². The van der Waals surface area contributed by atoms with Gasteiger partial charge in [0.15, 0.2) is 0 Å². The Bertz CT molecular complexity index is 999. The highest BCUT2D eigenvalue weighted by molar-refractivity contribution is 8.00. The number of hydrogen-bond donors (Lipinski definition) is 1. The molecule has 1 aliphatic carbocycles. The molecule has 0 aliphatic heterocycles. The third kappa shape index (κ3) is 5.36. The number of ether oxygens (including phenoxy) is 1. The minimum Gasteiger partial charge on any atom is -0.444 e. The Morgan fingerprint density at radius 3 is 2.47 bits per heavy atom. The molecule has 2 aromatic heterocycles. The fourth-order valence-corrected chi connectivity index (χ4v) is 4.99. The predicted molar refractivity (Wildman–Crippen MR) is 122 cm³/mol. The summed E-state index contributed by atoms with van der Waals surface area (Å²) in [6.45, 7) is 5.67. The van der Waals surface area contributed by atoms with Crippen molar-refractivity contribution in [3.8, 4) is 11.1 Å². The number of imidazole rings is 1. The molecule has 1 saturated carbocycles. The second-order valence-corrected chi connectivity index (χ2v) is 10.2. The van der Waals surface area contributed by atoms with Crippen molar-refractivity contribution in [3.63, 3.8) is 0 Å². The van der Waals surface area contributed by atoms with Gasteiger partial charge in [0.1, 0.15) is 11.2 Å². The fraction of sp³-hybridized carbons (Fsp3) is 0.417. The van der Waals surface area contributed by atoms with E-state index in [1.807, 2.05) is 55.4 Å². The maximum absolute atomic E-state index is 12.0. The maximum Gasteiger partial charge on any atom is 0.407 e. The lowest BCUT2D eigenvalue weighted by molar-refractivity contribution is 0.0493. The van der Waals surface area contributed by atoms with Gasteiger partial charge in [-0.05, 0) is 81.8 Å². The van der Waals surface area contributed by atoms with Crippen molar-refractivity contribution in [3.05, 3.63) is 55.0 Å². The van der Waals surface area contributed by atoms with Crippen LogP contribution in [-0.4, -0.2) is 32.4 Å². The van der Waals surface area contributed by atoms with Crippen LogP contribution in [0.15, 0.2) is 59.9 Å². The van der Waals surface area contributed by atoms with Crippen molar-refractivity contribution in [2.75, 3.05) is 0 Å². The van der Waals surface area contributed by atoms with Crippen molar-refractivity contribution in [2.45, 2.75) is 68.2 Å². The van der Waals surface area contributed by atoms with Crippen molar-refractivity contribution in [1.29, 1.82) is 0 Å². The van der Waals surface area contributed by atoms with E-state index >= 15 is 0 Å². The van der Waals surface area contributed by atoms with Gasteiger partial charge in [-0.3, -0.25) is 0 Å². The van der Waals surface area contributed by atoms with Gasteiger partial charge in [-0.15, -0.1) is 11.8 Å². The summed E-state index contributed by atoms with van der Waals surface area (Å²) in [6.07, 6.45) is 9.80. The first-order chi connectivity index (χ1) is 14.4. The molecule has 1 aliphatic rings. The van der Waals surface area contributed by atoms with Gasteiger partial charge in [-0.2, -0.15) is 0 Å². The van der Waals surface area contributed by atoms with Crippen LogP contribution in [0.1, 0.15) is 46.5 Å². The van der Waals surface area contributed by atoms with E-state index in [4.69, 9.17) is 4.74 Å². The van der Waals surface area contributed by atoms with Gasteiger partial charge in [0, 0.05) is 34.8 Å². The van der Waals surface area contributed by atoms with E-state index < -0.39 is 5.60 Å². The molecule has 1 fully saturated rings. The molecular formula is C24H29N3O2S. The van der Waals surface area contributed by atoms with Gasteiger partial charge in [-0.25, -0.2) is 9.78 Å². The molecule has 1 amide bonds. The molecule has 30 heavy (non-hydrogen) atoms. The quantitative estimate of drug-likeness (QED) is 0.565. The van der Waals surface area contributed by atoms with Gasteiger partial charge in [0.25, 0.3) is 0 Å². The van der Waals surface area contributed by atoms with Crippen LogP contribution in [-0.2, 0) is 4.74 Å².